The van der Waals surface area contributed by atoms with Gasteiger partial charge in [-0.15, -0.1) is 0 Å². The summed E-state index contributed by atoms with van der Waals surface area (Å²) in [5.41, 5.74) is 10.4. The Morgan fingerprint density at radius 1 is 1.11 bits per heavy atom. The second-order valence-corrected chi connectivity index (χ2v) is 3.76. The number of amides is 1. The van der Waals surface area contributed by atoms with Crippen molar-refractivity contribution in [3.05, 3.63) is 53.6 Å². The van der Waals surface area contributed by atoms with Gasteiger partial charge in [0, 0.05) is 6.07 Å². The number of anilines is 1. The van der Waals surface area contributed by atoms with E-state index >= 15 is 0 Å². The Hall–Kier alpha value is -2.63. The number of primary amides is 1. The monoisotopic (exact) mass is 264 g/mol. The Kier molecular flexibility index (Phi) is 3.33. The summed E-state index contributed by atoms with van der Waals surface area (Å²) in [6.45, 7) is 0. The van der Waals surface area contributed by atoms with Gasteiger partial charge in [-0.3, -0.25) is 4.79 Å². The third-order valence-corrected chi connectivity index (χ3v) is 2.42. The molecule has 2 rings (SSSR count). The molecule has 0 unspecified atom stereocenters. The highest BCUT2D eigenvalue weighted by Gasteiger charge is 2.16. The van der Waals surface area contributed by atoms with Crippen molar-refractivity contribution in [2.24, 2.45) is 5.73 Å². The van der Waals surface area contributed by atoms with Crippen molar-refractivity contribution < 1.29 is 18.3 Å². The molecule has 2 aromatic carbocycles. The predicted octanol–water partition coefficient (Wildman–Crippen LogP) is 2.44. The zero-order chi connectivity index (χ0) is 14.0. The normalized spacial score (nSPS) is 10.2. The lowest BCUT2D eigenvalue weighted by Crippen LogP contribution is -2.14. The van der Waals surface area contributed by atoms with E-state index in [1.54, 1.807) is 0 Å². The van der Waals surface area contributed by atoms with E-state index in [0.29, 0.717) is 0 Å². The molecule has 98 valence electrons. The Morgan fingerprint density at radius 2 is 1.84 bits per heavy atom. The van der Waals surface area contributed by atoms with Crippen molar-refractivity contribution in [1.82, 2.24) is 0 Å². The van der Waals surface area contributed by atoms with Crippen molar-refractivity contribution in [1.29, 1.82) is 0 Å². The predicted molar refractivity (Wildman–Crippen MR) is 65.8 cm³/mol. The highest BCUT2D eigenvalue weighted by Crippen LogP contribution is 2.31. The second kappa shape index (κ2) is 4.93. The smallest absolute Gasteiger partial charge is 0.255 e. The molecule has 0 aliphatic carbocycles. The molecule has 19 heavy (non-hydrogen) atoms. The Labute approximate surface area is 107 Å². The number of benzene rings is 2. The van der Waals surface area contributed by atoms with Gasteiger partial charge in [0.15, 0.2) is 5.75 Å². The SMILES string of the molecule is NC(=O)c1c(F)cccc1Oc1cc(F)ccc1N. The molecule has 4 N–H and O–H groups in total. The van der Waals surface area contributed by atoms with Gasteiger partial charge in [-0.05, 0) is 24.3 Å². The van der Waals surface area contributed by atoms with Gasteiger partial charge in [0.2, 0.25) is 0 Å². The van der Waals surface area contributed by atoms with E-state index < -0.39 is 23.1 Å². The molecule has 0 aliphatic heterocycles. The standard InChI is InChI=1S/C13H10F2N2O2/c14-7-4-5-9(16)11(6-7)19-10-3-1-2-8(15)12(10)13(17)18/h1-6H,16H2,(H2,17,18). The molecule has 0 heterocycles. The fraction of sp³-hybridized carbons (Fsp3) is 0. The molecule has 0 saturated heterocycles. The molecule has 0 bridgehead atoms. The molecule has 0 saturated carbocycles. The van der Waals surface area contributed by atoms with Crippen LogP contribution in [0.5, 0.6) is 11.5 Å². The van der Waals surface area contributed by atoms with Gasteiger partial charge in [0.1, 0.15) is 22.9 Å². The maximum atomic E-state index is 13.5. The lowest BCUT2D eigenvalue weighted by molar-refractivity contribution is 0.0994. The molecule has 0 aliphatic rings. The second-order valence-electron chi connectivity index (χ2n) is 3.76. The van der Waals surface area contributed by atoms with Crippen LogP contribution in [0.25, 0.3) is 0 Å². The minimum Gasteiger partial charge on any atom is -0.454 e. The molecular weight excluding hydrogens is 254 g/mol. The van der Waals surface area contributed by atoms with E-state index in [0.717, 1.165) is 18.2 Å². The van der Waals surface area contributed by atoms with Crippen LogP contribution < -0.4 is 16.2 Å². The summed E-state index contributed by atoms with van der Waals surface area (Å²) in [6.07, 6.45) is 0. The fourth-order valence-electron chi connectivity index (χ4n) is 1.54. The van der Waals surface area contributed by atoms with Crippen LogP contribution in [0.3, 0.4) is 0 Å². The van der Waals surface area contributed by atoms with Gasteiger partial charge in [0.05, 0.1) is 5.69 Å². The van der Waals surface area contributed by atoms with Gasteiger partial charge < -0.3 is 16.2 Å². The molecule has 1 amide bonds. The number of hydrogen-bond donors (Lipinski definition) is 2. The summed E-state index contributed by atoms with van der Waals surface area (Å²) in [4.78, 5) is 11.2. The Morgan fingerprint density at radius 3 is 2.53 bits per heavy atom. The average molecular weight is 264 g/mol. The van der Waals surface area contributed by atoms with Gasteiger partial charge >= 0.3 is 0 Å². The quantitative estimate of drug-likeness (QED) is 0.836. The van der Waals surface area contributed by atoms with Crippen LogP contribution in [0.15, 0.2) is 36.4 Å². The van der Waals surface area contributed by atoms with Crippen LogP contribution in [-0.2, 0) is 0 Å². The van der Waals surface area contributed by atoms with E-state index in [2.05, 4.69) is 0 Å². The molecule has 0 spiro atoms. The summed E-state index contributed by atoms with van der Waals surface area (Å²) in [5.74, 6) is -2.51. The third kappa shape index (κ3) is 2.62. The Bertz CT molecular complexity index is 645. The van der Waals surface area contributed by atoms with Crippen molar-refractivity contribution in [3.63, 3.8) is 0 Å². The number of hydrogen-bond acceptors (Lipinski definition) is 3. The number of nitrogens with two attached hydrogens (primary N) is 2. The number of carbonyl (C=O) groups excluding carboxylic acids is 1. The van der Waals surface area contributed by atoms with Crippen molar-refractivity contribution in [3.8, 4) is 11.5 Å². The van der Waals surface area contributed by atoms with Crippen LogP contribution >= 0.6 is 0 Å². The number of nitrogen functional groups attached to an aromatic ring is 1. The van der Waals surface area contributed by atoms with Gasteiger partial charge in [0.25, 0.3) is 5.91 Å². The average Bonchev–Trinajstić information content (AvgIpc) is 2.33. The molecule has 0 fully saturated rings. The molecular formula is C13H10F2N2O2. The van der Waals surface area contributed by atoms with E-state index in [1.165, 1.54) is 18.2 Å². The molecule has 0 aromatic heterocycles. The van der Waals surface area contributed by atoms with E-state index in [1.807, 2.05) is 0 Å². The molecule has 2 aromatic rings. The lowest BCUT2D eigenvalue weighted by Gasteiger charge is -2.11. The van der Waals surface area contributed by atoms with E-state index in [4.69, 9.17) is 16.2 Å². The van der Waals surface area contributed by atoms with Crippen molar-refractivity contribution in [2.75, 3.05) is 5.73 Å². The van der Waals surface area contributed by atoms with E-state index in [9.17, 15) is 13.6 Å². The number of carbonyl (C=O) groups is 1. The summed E-state index contributed by atoms with van der Waals surface area (Å²) in [7, 11) is 0. The molecule has 4 nitrogen and oxygen atoms in total. The maximum Gasteiger partial charge on any atom is 0.255 e. The van der Waals surface area contributed by atoms with Crippen molar-refractivity contribution >= 4 is 11.6 Å². The summed E-state index contributed by atoms with van der Waals surface area (Å²) in [5, 5.41) is 0. The number of ether oxygens (including phenoxy) is 1. The summed E-state index contributed by atoms with van der Waals surface area (Å²) < 4.78 is 31.8. The number of halogens is 2. The zero-order valence-corrected chi connectivity index (χ0v) is 9.69. The topological polar surface area (TPSA) is 78.3 Å². The van der Waals surface area contributed by atoms with Crippen LogP contribution in [0.1, 0.15) is 10.4 Å². The largest absolute Gasteiger partial charge is 0.454 e. The van der Waals surface area contributed by atoms with Gasteiger partial charge in [-0.1, -0.05) is 6.07 Å². The van der Waals surface area contributed by atoms with Gasteiger partial charge in [-0.2, -0.15) is 0 Å². The first-order chi connectivity index (χ1) is 8.99. The summed E-state index contributed by atoms with van der Waals surface area (Å²) >= 11 is 0. The summed E-state index contributed by atoms with van der Waals surface area (Å²) in [6, 6.07) is 7.24. The highest BCUT2D eigenvalue weighted by molar-refractivity contribution is 5.96. The first-order valence-electron chi connectivity index (χ1n) is 5.30. The van der Waals surface area contributed by atoms with Crippen molar-refractivity contribution in [2.45, 2.75) is 0 Å². The molecule has 0 radical (unpaired) electrons. The van der Waals surface area contributed by atoms with Crippen LogP contribution in [0, 0.1) is 11.6 Å². The first kappa shape index (κ1) is 12.8. The zero-order valence-electron chi connectivity index (χ0n) is 9.69. The van der Waals surface area contributed by atoms with Gasteiger partial charge in [-0.25, -0.2) is 8.78 Å². The van der Waals surface area contributed by atoms with Crippen LogP contribution in [0.4, 0.5) is 14.5 Å². The fourth-order valence-corrected chi connectivity index (χ4v) is 1.54. The number of rotatable bonds is 3. The van der Waals surface area contributed by atoms with E-state index in [-0.39, 0.29) is 17.2 Å². The Balaban J connectivity index is 2.46. The van der Waals surface area contributed by atoms with Crippen LogP contribution in [0.2, 0.25) is 0 Å². The highest BCUT2D eigenvalue weighted by atomic mass is 19.1. The minimum absolute atomic E-state index is 0.0203. The maximum absolute atomic E-state index is 13.5. The first-order valence-corrected chi connectivity index (χ1v) is 5.30. The minimum atomic E-state index is -0.983. The van der Waals surface area contributed by atoms with Crippen LogP contribution in [-0.4, -0.2) is 5.91 Å². The molecule has 0 atom stereocenters. The lowest BCUT2D eigenvalue weighted by atomic mass is 10.1. The molecule has 6 heteroatoms. The third-order valence-electron chi connectivity index (χ3n) is 2.42.